The summed E-state index contributed by atoms with van der Waals surface area (Å²) < 4.78 is 2.77. The molecule has 3 N–H and O–H groups in total. The Labute approximate surface area is 185 Å². The molecule has 0 aliphatic heterocycles. The highest BCUT2D eigenvalue weighted by Crippen LogP contribution is 2.21. The van der Waals surface area contributed by atoms with E-state index in [1.165, 1.54) is 20.1 Å². The highest BCUT2D eigenvalue weighted by molar-refractivity contribution is 5.96. The van der Waals surface area contributed by atoms with Gasteiger partial charge in [0.2, 0.25) is 11.5 Å². The molecule has 1 aliphatic carbocycles. The third-order valence-corrected chi connectivity index (χ3v) is 5.30. The minimum Gasteiger partial charge on any atom is -0.477 e. The van der Waals surface area contributed by atoms with E-state index in [4.69, 9.17) is 5.26 Å². The minimum atomic E-state index is -0.657. The van der Waals surface area contributed by atoms with Crippen molar-refractivity contribution >= 4 is 23.5 Å². The second-order valence-corrected chi connectivity index (χ2v) is 8.57. The molecule has 2 aromatic rings. The minimum absolute atomic E-state index is 0.0356. The van der Waals surface area contributed by atoms with Gasteiger partial charge in [-0.15, -0.1) is 0 Å². The summed E-state index contributed by atoms with van der Waals surface area (Å²) in [6.45, 7) is 6.32. The summed E-state index contributed by atoms with van der Waals surface area (Å²) in [5.74, 6) is -1.17. The maximum Gasteiger partial charge on any atom is 0.378 e. The van der Waals surface area contributed by atoms with Gasteiger partial charge < -0.3 is 15.3 Å². The first-order valence-corrected chi connectivity index (χ1v) is 10.7. The molecule has 170 valence electrons. The molecule has 2 amide bonds. The van der Waals surface area contributed by atoms with Gasteiger partial charge in [0.15, 0.2) is 0 Å². The third kappa shape index (κ3) is 4.66. The van der Waals surface area contributed by atoms with Crippen molar-refractivity contribution in [3.8, 4) is 11.9 Å². The Hall–Kier alpha value is -3.61. The van der Waals surface area contributed by atoms with Crippen LogP contribution in [0.15, 0.2) is 10.9 Å². The molecule has 0 bridgehead atoms. The number of nitrogens with zero attached hydrogens (tertiary/aromatic N) is 4. The Morgan fingerprint density at radius 1 is 1.44 bits per heavy atom. The van der Waals surface area contributed by atoms with E-state index in [0.717, 1.165) is 12.8 Å². The average Bonchev–Trinajstić information content (AvgIpc) is 3.48. The largest absolute Gasteiger partial charge is 0.477 e. The van der Waals surface area contributed by atoms with E-state index >= 15 is 0 Å². The Morgan fingerprint density at radius 3 is 2.72 bits per heavy atom. The first kappa shape index (κ1) is 23.1. The van der Waals surface area contributed by atoms with Gasteiger partial charge in [0.05, 0.1) is 30.3 Å². The smallest absolute Gasteiger partial charge is 0.378 e. The van der Waals surface area contributed by atoms with Crippen LogP contribution in [0.25, 0.3) is 11.7 Å². The molecule has 3 rings (SSSR count). The Kier molecular flexibility index (Phi) is 6.67. The van der Waals surface area contributed by atoms with Gasteiger partial charge in [0.25, 0.3) is 5.91 Å². The van der Waals surface area contributed by atoms with E-state index in [9.17, 15) is 19.5 Å². The first-order chi connectivity index (χ1) is 15.1. The van der Waals surface area contributed by atoms with Crippen molar-refractivity contribution in [3.05, 3.63) is 33.3 Å². The number of carbonyl (C=O) groups is 2. The van der Waals surface area contributed by atoms with Crippen LogP contribution in [0.5, 0.6) is 5.88 Å². The molecule has 10 nitrogen and oxygen atoms in total. The highest BCUT2D eigenvalue weighted by atomic mass is 16.3. The molecular weight excluding hydrogens is 412 g/mol. The fourth-order valence-electron chi connectivity index (χ4n) is 3.46. The number of aryl methyl sites for hydroxylation is 1. The Morgan fingerprint density at radius 2 is 2.12 bits per heavy atom. The van der Waals surface area contributed by atoms with E-state index in [2.05, 4.69) is 10.4 Å². The SMILES string of the molecule is Cc1[nH]n2c(=O)c(C(=O)NC3CC3)c(O)[n+](CC(C)C)c2c1/C=C/C(=O)N(C)CCC#N. The number of nitrogens with one attached hydrogen (secondary N) is 2. The van der Waals surface area contributed by atoms with Crippen LogP contribution >= 0.6 is 0 Å². The second-order valence-electron chi connectivity index (χ2n) is 8.57. The maximum atomic E-state index is 13.1. The summed E-state index contributed by atoms with van der Waals surface area (Å²) in [7, 11) is 1.60. The fraction of sp³-hybridized carbons (Fsp3) is 0.500. The number of nitriles is 1. The molecule has 0 spiro atoms. The summed E-state index contributed by atoms with van der Waals surface area (Å²) in [4.78, 5) is 39.6. The Balaban J connectivity index is 2.13. The van der Waals surface area contributed by atoms with Crippen molar-refractivity contribution in [1.29, 1.82) is 5.26 Å². The normalized spacial score (nSPS) is 13.6. The summed E-state index contributed by atoms with van der Waals surface area (Å²) in [5, 5.41) is 25.4. The molecule has 32 heavy (non-hydrogen) atoms. The lowest BCUT2D eigenvalue weighted by atomic mass is 10.1. The first-order valence-electron chi connectivity index (χ1n) is 10.7. The predicted octanol–water partition coefficient (Wildman–Crippen LogP) is 0.863. The lowest BCUT2D eigenvalue weighted by Gasteiger charge is -2.12. The molecule has 0 radical (unpaired) electrons. The van der Waals surface area contributed by atoms with Crippen molar-refractivity contribution in [2.75, 3.05) is 13.6 Å². The fourth-order valence-corrected chi connectivity index (χ4v) is 3.46. The second kappa shape index (κ2) is 9.26. The molecule has 1 fully saturated rings. The number of hydrogen-bond acceptors (Lipinski definition) is 5. The van der Waals surface area contributed by atoms with Crippen molar-refractivity contribution < 1.29 is 19.3 Å². The van der Waals surface area contributed by atoms with E-state index in [0.29, 0.717) is 30.0 Å². The number of H-pyrrole nitrogens is 1. The number of hydrogen-bond donors (Lipinski definition) is 3. The lowest BCUT2D eigenvalue weighted by Crippen LogP contribution is -2.46. The van der Waals surface area contributed by atoms with Crippen molar-refractivity contribution in [3.63, 3.8) is 0 Å². The molecule has 0 aromatic carbocycles. The highest BCUT2D eigenvalue weighted by Gasteiger charge is 2.34. The number of aromatic amines is 1. The summed E-state index contributed by atoms with van der Waals surface area (Å²) in [6.07, 6.45) is 4.88. The van der Waals surface area contributed by atoms with Crippen LogP contribution in [-0.4, -0.2) is 51.1 Å². The van der Waals surface area contributed by atoms with Crippen LogP contribution in [-0.2, 0) is 11.3 Å². The zero-order valence-corrected chi connectivity index (χ0v) is 18.8. The number of rotatable bonds is 8. The van der Waals surface area contributed by atoms with Gasteiger partial charge >= 0.3 is 17.1 Å². The molecule has 2 aromatic heterocycles. The van der Waals surface area contributed by atoms with E-state index in [-0.39, 0.29) is 29.9 Å². The molecule has 1 aliphatic rings. The van der Waals surface area contributed by atoms with Gasteiger partial charge in [-0.2, -0.15) is 9.83 Å². The third-order valence-electron chi connectivity index (χ3n) is 5.30. The molecular formula is C22H29N6O4+. The van der Waals surface area contributed by atoms with Gasteiger partial charge in [-0.05, 0) is 31.8 Å². The zero-order valence-electron chi connectivity index (χ0n) is 18.8. The lowest BCUT2D eigenvalue weighted by molar-refractivity contribution is -0.686. The van der Waals surface area contributed by atoms with Crippen LogP contribution in [0, 0.1) is 24.2 Å². The summed E-state index contributed by atoms with van der Waals surface area (Å²) >= 11 is 0. The number of carbonyl (C=O) groups excluding carboxylic acids is 2. The molecule has 0 unspecified atom stereocenters. The van der Waals surface area contributed by atoms with Crippen LogP contribution in [0.3, 0.4) is 0 Å². The number of aromatic nitrogens is 3. The molecule has 0 saturated heterocycles. The molecule has 0 atom stereocenters. The number of fused-ring (bicyclic) bond motifs is 1. The zero-order chi connectivity index (χ0) is 23.6. The number of aromatic hydroxyl groups is 1. The van der Waals surface area contributed by atoms with Crippen molar-refractivity contribution in [2.24, 2.45) is 5.92 Å². The molecule has 2 heterocycles. The average molecular weight is 442 g/mol. The van der Waals surface area contributed by atoms with Crippen molar-refractivity contribution in [2.45, 2.75) is 52.6 Å². The van der Waals surface area contributed by atoms with Gasteiger partial charge in [0.1, 0.15) is 0 Å². The topological polar surface area (TPSA) is 135 Å². The van der Waals surface area contributed by atoms with Gasteiger partial charge in [-0.3, -0.25) is 9.59 Å². The van der Waals surface area contributed by atoms with Crippen molar-refractivity contribution in [1.82, 2.24) is 19.8 Å². The quantitative estimate of drug-likeness (QED) is 0.413. The molecule has 1 saturated carbocycles. The van der Waals surface area contributed by atoms with Gasteiger partial charge in [-0.25, -0.2) is 9.89 Å². The van der Waals surface area contributed by atoms with Gasteiger partial charge in [0, 0.05) is 25.7 Å². The van der Waals surface area contributed by atoms with Crippen LogP contribution in [0.1, 0.15) is 54.7 Å². The summed E-state index contributed by atoms with van der Waals surface area (Å²) in [5.41, 5.74) is 0.553. The predicted molar refractivity (Wildman–Crippen MR) is 117 cm³/mol. The van der Waals surface area contributed by atoms with Crippen LogP contribution in [0.4, 0.5) is 0 Å². The van der Waals surface area contributed by atoms with E-state index in [1.54, 1.807) is 20.0 Å². The van der Waals surface area contributed by atoms with Crippen LogP contribution in [0.2, 0.25) is 0 Å². The monoisotopic (exact) mass is 441 g/mol. The van der Waals surface area contributed by atoms with E-state index in [1.807, 2.05) is 19.9 Å². The number of likely N-dealkylation sites (N-methyl/N-ethyl adjacent to an activating group) is 1. The summed E-state index contributed by atoms with van der Waals surface area (Å²) in [6, 6.07) is 2.04. The molecule has 10 heteroatoms. The Bertz CT molecular complexity index is 1180. The van der Waals surface area contributed by atoms with E-state index < -0.39 is 17.3 Å². The number of amides is 2. The standard InChI is InChI=1S/C22H28N6O4/c1-13(2)12-27-20-16(8-9-17(29)26(4)11-5-10-23)14(3)25-28(20)22(32)18(21(27)31)19(30)24-15-6-7-15/h8-9,13,15H,5-7,11-12H2,1-4H3,(H2,24,30,31,32)/p+1/b9-8+. The maximum absolute atomic E-state index is 13.1. The van der Waals surface area contributed by atoms with Crippen LogP contribution < -0.4 is 15.4 Å². The van der Waals surface area contributed by atoms with Gasteiger partial charge in [-0.1, -0.05) is 18.4 Å².